The van der Waals surface area contributed by atoms with Gasteiger partial charge in [-0.25, -0.2) is 4.68 Å². The van der Waals surface area contributed by atoms with E-state index >= 15 is 0 Å². The second kappa shape index (κ2) is 7.73. The van der Waals surface area contributed by atoms with Crippen molar-refractivity contribution in [1.29, 1.82) is 0 Å². The molecule has 138 valence electrons. The van der Waals surface area contributed by atoms with Crippen molar-refractivity contribution in [2.24, 2.45) is 0 Å². The van der Waals surface area contributed by atoms with Gasteiger partial charge in [0.15, 0.2) is 0 Å². The Bertz CT molecular complexity index is 907. The van der Waals surface area contributed by atoms with Crippen molar-refractivity contribution in [1.82, 2.24) is 9.78 Å². The summed E-state index contributed by atoms with van der Waals surface area (Å²) in [5, 5.41) is 4.62. The minimum absolute atomic E-state index is 0.816. The summed E-state index contributed by atoms with van der Waals surface area (Å²) in [5.41, 5.74) is 7.40. The molecule has 0 aliphatic rings. The fourth-order valence-electron chi connectivity index (χ4n) is 2.62. The Kier molecular flexibility index (Phi) is 5.38. The highest BCUT2D eigenvalue weighted by molar-refractivity contribution is 6.83. The molecule has 0 N–H and O–H groups in total. The molecule has 0 bridgehead atoms. The first-order valence-electron chi connectivity index (χ1n) is 8.81. The quantitative estimate of drug-likeness (QED) is 0.485. The van der Waals surface area contributed by atoms with Crippen LogP contribution in [0.3, 0.4) is 0 Å². The Hall–Kier alpha value is -2.97. The summed E-state index contributed by atoms with van der Waals surface area (Å²) in [4.78, 5) is 0. The summed E-state index contributed by atoms with van der Waals surface area (Å²) in [7, 11) is 1.80. The summed E-state index contributed by atoms with van der Waals surface area (Å²) < 4.78 is 12.4. The third kappa shape index (κ3) is 4.41. The van der Waals surface area contributed by atoms with Gasteiger partial charge in [0.05, 0.1) is 26.1 Å². The van der Waals surface area contributed by atoms with Gasteiger partial charge in [0.25, 0.3) is 0 Å². The van der Waals surface area contributed by atoms with Crippen molar-refractivity contribution in [3.8, 4) is 39.8 Å². The van der Waals surface area contributed by atoms with E-state index in [-0.39, 0.29) is 0 Å². The second-order valence-electron chi connectivity index (χ2n) is 7.25. The van der Waals surface area contributed by atoms with Crippen molar-refractivity contribution in [2.75, 3.05) is 14.2 Å². The summed E-state index contributed by atoms with van der Waals surface area (Å²) in [6.07, 6.45) is 1.88. The van der Waals surface area contributed by atoms with Crippen molar-refractivity contribution < 1.29 is 9.47 Å². The first-order valence-corrected chi connectivity index (χ1v) is 12.3. The van der Waals surface area contributed by atoms with Gasteiger partial charge in [-0.15, -0.1) is 5.54 Å². The molecule has 0 aliphatic carbocycles. The molecule has 4 nitrogen and oxygen atoms in total. The van der Waals surface area contributed by atoms with E-state index in [9.17, 15) is 0 Å². The van der Waals surface area contributed by atoms with Crippen molar-refractivity contribution in [3.05, 3.63) is 60.4 Å². The van der Waals surface area contributed by atoms with E-state index in [0.29, 0.717) is 0 Å². The first kappa shape index (κ1) is 18.8. The van der Waals surface area contributed by atoms with E-state index in [1.807, 2.05) is 59.4 Å². The topological polar surface area (TPSA) is 36.3 Å². The third-order valence-electron chi connectivity index (χ3n) is 4.04. The summed E-state index contributed by atoms with van der Waals surface area (Å²) >= 11 is 0. The fourth-order valence-corrected chi connectivity index (χ4v) is 3.11. The zero-order valence-corrected chi connectivity index (χ0v) is 17.4. The zero-order chi connectivity index (χ0) is 19.4. The monoisotopic (exact) mass is 376 g/mol. The molecular weight excluding hydrogens is 352 g/mol. The number of hydrogen-bond donors (Lipinski definition) is 0. The molecule has 27 heavy (non-hydrogen) atoms. The van der Waals surface area contributed by atoms with Crippen LogP contribution in [0.15, 0.2) is 54.7 Å². The molecule has 0 saturated heterocycles. The Morgan fingerprint density at radius 1 is 0.852 bits per heavy atom. The van der Waals surface area contributed by atoms with Crippen LogP contribution in [0, 0.1) is 11.5 Å². The minimum atomic E-state index is -1.53. The molecule has 3 aromatic rings. The second-order valence-corrected chi connectivity index (χ2v) is 12.0. The summed E-state index contributed by atoms with van der Waals surface area (Å²) in [5.74, 6) is 5.05. The van der Waals surface area contributed by atoms with Gasteiger partial charge in [0.2, 0.25) is 0 Å². The lowest BCUT2D eigenvalue weighted by Gasteiger charge is -2.08. The maximum absolute atomic E-state index is 5.27. The number of hydrogen-bond acceptors (Lipinski definition) is 3. The van der Waals surface area contributed by atoms with Gasteiger partial charge < -0.3 is 9.47 Å². The molecule has 0 aliphatic heterocycles. The smallest absolute Gasteiger partial charge is 0.129 e. The maximum Gasteiger partial charge on any atom is 0.129 e. The lowest BCUT2D eigenvalue weighted by molar-refractivity contribution is 0.414. The lowest BCUT2D eigenvalue weighted by Crippen LogP contribution is -2.16. The van der Waals surface area contributed by atoms with E-state index in [0.717, 1.165) is 34.0 Å². The van der Waals surface area contributed by atoms with Gasteiger partial charge >= 0.3 is 0 Å². The molecule has 0 fully saturated rings. The van der Waals surface area contributed by atoms with E-state index in [4.69, 9.17) is 9.47 Å². The number of methoxy groups -OCH3 is 2. The maximum atomic E-state index is 5.27. The zero-order valence-electron chi connectivity index (χ0n) is 16.4. The third-order valence-corrected chi connectivity index (χ3v) is 4.92. The highest BCUT2D eigenvalue weighted by Crippen LogP contribution is 2.27. The predicted molar refractivity (Wildman–Crippen MR) is 112 cm³/mol. The molecule has 0 unspecified atom stereocenters. The van der Waals surface area contributed by atoms with Gasteiger partial charge in [0.1, 0.15) is 25.3 Å². The Morgan fingerprint density at radius 2 is 1.41 bits per heavy atom. The largest absolute Gasteiger partial charge is 0.497 e. The molecule has 1 aromatic heterocycles. The van der Waals surface area contributed by atoms with E-state index in [1.165, 1.54) is 0 Å². The first-order chi connectivity index (χ1) is 12.9. The Balaban J connectivity index is 2.12. The number of aromatic nitrogens is 2. The van der Waals surface area contributed by atoms with E-state index in [2.05, 4.69) is 36.2 Å². The number of rotatable bonds is 4. The molecule has 5 heteroatoms. The molecule has 3 rings (SSSR count). The van der Waals surface area contributed by atoms with Crippen LogP contribution in [0.1, 0.15) is 5.69 Å². The van der Waals surface area contributed by atoms with Crippen LogP contribution >= 0.6 is 0 Å². The molecule has 0 spiro atoms. The molecule has 0 amide bonds. The molecular formula is C22H24N2O2Si. The van der Waals surface area contributed by atoms with Gasteiger partial charge in [-0.2, -0.15) is 5.10 Å². The average Bonchev–Trinajstić information content (AvgIpc) is 3.10. The van der Waals surface area contributed by atoms with Crippen LogP contribution in [0.25, 0.3) is 16.8 Å². The van der Waals surface area contributed by atoms with Gasteiger partial charge in [0, 0.05) is 5.56 Å². The number of nitrogens with zero attached hydrogens (tertiary/aromatic N) is 2. The molecule has 0 saturated carbocycles. The molecule has 1 heterocycles. The summed E-state index contributed by atoms with van der Waals surface area (Å²) in [6.45, 7) is 6.71. The molecule has 0 radical (unpaired) electrons. The minimum Gasteiger partial charge on any atom is -0.497 e. The van der Waals surface area contributed by atoms with E-state index in [1.54, 1.807) is 14.2 Å². The van der Waals surface area contributed by atoms with Crippen LogP contribution in [0.2, 0.25) is 19.6 Å². The number of benzene rings is 2. The van der Waals surface area contributed by atoms with Crippen LogP contribution in [0.5, 0.6) is 11.5 Å². The molecule has 2 aromatic carbocycles. The van der Waals surface area contributed by atoms with Crippen LogP contribution in [-0.2, 0) is 0 Å². The lowest BCUT2D eigenvalue weighted by atomic mass is 10.1. The predicted octanol–water partition coefficient (Wildman–Crippen LogP) is 4.79. The van der Waals surface area contributed by atoms with Crippen molar-refractivity contribution in [3.63, 3.8) is 0 Å². The van der Waals surface area contributed by atoms with Gasteiger partial charge in [-0.05, 0) is 42.0 Å². The van der Waals surface area contributed by atoms with Crippen LogP contribution in [-0.4, -0.2) is 32.1 Å². The van der Waals surface area contributed by atoms with Crippen LogP contribution in [0.4, 0.5) is 0 Å². The van der Waals surface area contributed by atoms with Crippen molar-refractivity contribution >= 4 is 8.07 Å². The number of ether oxygens (including phenoxy) is 2. The highest BCUT2D eigenvalue weighted by atomic mass is 28.3. The standard InChI is InChI=1S/C22H24N2O2Si/c1-25-19-10-6-17(7-11-19)21-16-23-24(22(21)14-15-27(3,4)5)18-8-12-20(26-2)13-9-18/h6-13,16H,1-5H3. The van der Waals surface area contributed by atoms with Gasteiger partial charge in [-0.3, -0.25) is 0 Å². The van der Waals surface area contributed by atoms with Gasteiger partial charge in [-0.1, -0.05) is 37.7 Å². The molecule has 0 atom stereocenters. The fraction of sp³-hybridized carbons (Fsp3) is 0.227. The highest BCUT2D eigenvalue weighted by Gasteiger charge is 2.14. The average molecular weight is 377 g/mol. The Morgan fingerprint density at radius 3 is 1.93 bits per heavy atom. The SMILES string of the molecule is COc1ccc(-c2cnn(-c3ccc(OC)cc3)c2C#C[Si](C)(C)C)cc1. The van der Waals surface area contributed by atoms with Crippen molar-refractivity contribution in [2.45, 2.75) is 19.6 Å². The van der Waals surface area contributed by atoms with E-state index < -0.39 is 8.07 Å². The van der Waals surface area contributed by atoms with Crippen LogP contribution < -0.4 is 9.47 Å². The Labute approximate surface area is 161 Å². The normalized spacial score (nSPS) is 10.9. The summed E-state index contributed by atoms with van der Waals surface area (Å²) in [6, 6.07) is 15.8.